The number of nitrogens with two attached hydrogens (primary N) is 1. The van der Waals surface area contributed by atoms with Crippen LogP contribution in [0.4, 0.5) is 0 Å². The summed E-state index contributed by atoms with van der Waals surface area (Å²) in [5.41, 5.74) is 6.73. The molecule has 0 radical (unpaired) electrons. The van der Waals surface area contributed by atoms with Gasteiger partial charge in [0, 0.05) is 5.54 Å². The van der Waals surface area contributed by atoms with E-state index in [0.29, 0.717) is 17.1 Å². The summed E-state index contributed by atoms with van der Waals surface area (Å²) >= 11 is 0. The fraction of sp³-hybridized carbons (Fsp3) is 0.417. The van der Waals surface area contributed by atoms with Crippen LogP contribution in [0.15, 0.2) is 12.1 Å². The lowest BCUT2D eigenvalue weighted by Gasteiger charge is -2.21. The molecule has 0 atom stereocenters. The molecule has 1 aromatic carbocycles. The Morgan fingerprint density at radius 1 is 1.25 bits per heavy atom. The average Bonchev–Trinajstić information content (AvgIpc) is 2.25. The predicted molar refractivity (Wildman–Crippen MR) is 61.5 cm³/mol. The first-order chi connectivity index (χ1) is 7.43. The van der Waals surface area contributed by atoms with Crippen LogP contribution in [0.5, 0.6) is 11.5 Å². The molecule has 0 heterocycles. The molecular formula is C12H16N2O2. The summed E-state index contributed by atoms with van der Waals surface area (Å²) in [6.45, 7) is 3.74. The van der Waals surface area contributed by atoms with Gasteiger partial charge in [-0.3, -0.25) is 0 Å². The number of rotatable bonds is 3. The van der Waals surface area contributed by atoms with Crippen molar-refractivity contribution in [3.8, 4) is 17.6 Å². The summed E-state index contributed by atoms with van der Waals surface area (Å²) in [6.07, 6.45) is 0. The molecular weight excluding hydrogens is 204 g/mol. The zero-order valence-corrected chi connectivity index (χ0v) is 10.00. The normalized spacial score (nSPS) is 10.8. The van der Waals surface area contributed by atoms with Gasteiger partial charge in [0.1, 0.15) is 6.07 Å². The third kappa shape index (κ3) is 2.26. The molecule has 4 nitrogen and oxygen atoms in total. The van der Waals surface area contributed by atoms with Gasteiger partial charge in [0.15, 0.2) is 11.5 Å². The van der Waals surface area contributed by atoms with Crippen molar-refractivity contribution in [3.63, 3.8) is 0 Å². The van der Waals surface area contributed by atoms with Crippen LogP contribution < -0.4 is 15.2 Å². The monoisotopic (exact) mass is 220 g/mol. The molecule has 0 aromatic heterocycles. The summed E-state index contributed by atoms with van der Waals surface area (Å²) in [5.74, 6) is 0.966. The maximum Gasteiger partial charge on any atom is 0.178 e. The fourth-order valence-corrected chi connectivity index (χ4v) is 1.42. The third-order valence-electron chi connectivity index (χ3n) is 2.34. The molecule has 0 amide bonds. The van der Waals surface area contributed by atoms with Gasteiger partial charge in [-0.1, -0.05) is 0 Å². The number of hydrogen-bond acceptors (Lipinski definition) is 4. The molecule has 2 N–H and O–H groups in total. The Bertz CT molecular complexity index is 428. The van der Waals surface area contributed by atoms with E-state index in [1.807, 2.05) is 13.8 Å². The minimum Gasteiger partial charge on any atom is -0.493 e. The zero-order chi connectivity index (χ0) is 12.3. The highest BCUT2D eigenvalue weighted by molar-refractivity contribution is 5.55. The van der Waals surface area contributed by atoms with Crippen molar-refractivity contribution in [1.82, 2.24) is 0 Å². The van der Waals surface area contributed by atoms with Crippen molar-refractivity contribution < 1.29 is 9.47 Å². The van der Waals surface area contributed by atoms with Crippen molar-refractivity contribution in [3.05, 3.63) is 23.3 Å². The number of nitriles is 1. The zero-order valence-electron chi connectivity index (χ0n) is 10.00. The first kappa shape index (κ1) is 12.3. The van der Waals surface area contributed by atoms with Crippen LogP contribution in [0.3, 0.4) is 0 Å². The Labute approximate surface area is 95.6 Å². The van der Waals surface area contributed by atoms with Gasteiger partial charge in [0.2, 0.25) is 0 Å². The van der Waals surface area contributed by atoms with Gasteiger partial charge in [-0.2, -0.15) is 5.26 Å². The Balaban J connectivity index is 3.45. The second kappa shape index (κ2) is 4.42. The lowest BCUT2D eigenvalue weighted by atomic mass is 9.93. The lowest BCUT2D eigenvalue weighted by Crippen LogP contribution is -2.28. The summed E-state index contributed by atoms with van der Waals surface area (Å²) < 4.78 is 10.3. The maximum absolute atomic E-state index is 9.03. The highest BCUT2D eigenvalue weighted by atomic mass is 16.5. The quantitative estimate of drug-likeness (QED) is 0.842. The summed E-state index contributed by atoms with van der Waals surface area (Å²) in [4.78, 5) is 0. The van der Waals surface area contributed by atoms with Crippen LogP contribution in [0, 0.1) is 11.3 Å². The lowest BCUT2D eigenvalue weighted by molar-refractivity contribution is 0.352. The second-order valence-electron chi connectivity index (χ2n) is 4.09. The highest BCUT2D eigenvalue weighted by Gasteiger charge is 2.20. The molecule has 0 spiro atoms. The van der Waals surface area contributed by atoms with Crippen LogP contribution in [0.1, 0.15) is 25.0 Å². The average molecular weight is 220 g/mol. The maximum atomic E-state index is 9.03. The molecule has 1 aromatic rings. The van der Waals surface area contributed by atoms with Crippen LogP contribution >= 0.6 is 0 Å². The number of hydrogen-bond donors (Lipinski definition) is 1. The van der Waals surface area contributed by atoms with Crippen LogP contribution in [0.25, 0.3) is 0 Å². The Hall–Kier alpha value is -1.73. The van der Waals surface area contributed by atoms with Gasteiger partial charge in [-0.15, -0.1) is 0 Å². The molecule has 0 bridgehead atoms. The molecule has 0 aliphatic rings. The molecule has 0 aliphatic heterocycles. The fourth-order valence-electron chi connectivity index (χ4n) is 1.42. The van der Waals surface area contributed by atoms with Crippen molar-refractivity contribution >= 4 is 0 Å². The molecule has 16 heavy (non-hydrogen) atoms. The first-order valence-electron chi connectivity index (χ1n) is 4.89. The van der Waals surface area contributed by atoms with Crippen LogP contribution in [-0.4, -0.2) is 14.2 Å². The molecule has 86 valence electrons. The van der Waals surface area contributed by atoms with E-state index >= 15 is 0 Å². The number of nitrogens with zero attached hydrogens (tertiary/aromatic N) is 1. The van der Waals surface area contributed by atoms with Gasteiger partial charge in [-0.25, -0.2) is 0 Å². The summed E-state index contributed by atoms with van der Waals surface area (Å²) in [5, 5.41) is 9.03. The molecule has 0 saturated heterocycles. The molecule has 0 fully saturated rings. The van der Waals surface area contributed by atoms with Gasteiger partial charge in [-0.05, 0) is 31.5 Å². The van der Waals surface area contributed by atoms with E-state index in [0.717, 1.165) is 5.56 Å². The van der Waals surface area contributed by atoms with Crippen molar-refractivity contribution in [2.45, 2.75) is 19.4 Å². The van der Waals surface area contributed by atoms with Crippen LogP contribution in [-0.2, 0) is 5.54 Å². The predicted octanol–water partition coefficient (Wildman–Crippen LogP) is 1.77. The van der Waals surface area contributed by atoms with E-state index in [2.05, 4.69) is 6.07 Å². The van der Waals surface area contributed by atoms with E-state index in [-0.39, 0.29) is 0 Å². The standard InChI is InChI=1S/C12H16N2O2/c1-12(2,14)9-5-8(7-13)11(16-4)10(6-9)15-3/h5-6H,14H2,1-4H3. The number of ether oxygens (including phenoxy) is 2. The largest absolute Gasteiger partial charge is 0.493 e. The second-order valence-corrected chi connectivity index (χ2v) is 4.09. The van der Waals surface area contributed by atoms with Gasteiger partial charge >= 0.3 is 0 Å². The van der Waals surface area contributed by atoms with E-state index in [9.17, 15) is 0 Å². The highest BCUT2D eigenvalue weighted by Crippen LogP contribution is 2.34. The Morgan fingerprint density at radius 3 is 2.25 bits per heavy atom. The Kier molecular flexibility index (Phi) is 3.41. The molecule has 1 rings (SSSR count). The van der Waals surface area contributed by atoms with Gasteiger partial charge in [0.25, 0.3) is 0 Å². The third-order valence-corrected chi connectivity index (χ3v) is 2.34. The smallest absolute Gasteiger partial charge is 0.178 e. The number of methoxy groups -OCH3 is 2. The molecule has 0 aliphatic carbocycles. The molecule has 0 saturated carbocycles. The van der Waals surface area contributed by atoms with Gasteiger partial charge in [0.05, 0.1) is 19.8 Å². The van der Waals surface area contributed by atoms with Crippen molar-refractivity contribution in [2.75, 3.05) is 14.2 Å². The number of benzene rings is 1. The van der Waals surface area contributed by atoms with E-state index < -0.39 is 5.54 Å². The first-order valence-corrected chi connectivity index (χ1v) is 4.89. The van der Waals surface area contributed by atoms with E-state index in [4.69, 9.17) is 20.5 Å². The van der Waals surface area contributed by atoms with Crippen molar-refractivity contribution in [1.29, 1.82) is 5.26 Å². The topological polar surface area (TPSA) is 68.3 Å². The van der Waals surface area contributed by atoms with Gasteiger partial charge < -0.3 is 15.2 Å². The summed E-state index contributed by atoms with van der Waals surface area (Å²) in [6, 6.07) is 5.59. The van der Waals surface area contributed by atoms with E-state index in [1.54, 1.807) is 12.1 Å². The minimum atomic E-state index is -0.523. The van der Waals surface area contributed by atoms with Crippen LogP contribution in [0.2, 0.25) is 0 Å². The minimum absolute atomic E-state index is 0.426. The SMILES string of the molecule is COc1cc(C(C)(C)N)cc(C#N)c1OC. The Morgan fingerprint density at radius 2 is 1.88 bits per heavy atom. The van der Waals surface area contributed by atoms with E-state index in [1.165, 1.54) is 14.2 Å². The summed E-state index contributed by atoms with van der Waals surface area (Å²) in [7, 11) is 3.04. The van der Waals surface area contributed by atoms with Crippen molar-refractivity contribution in [2.24, 2.45) is 5.73 Å². The molecule has 0 unspecified atom stereocenters. The molecule has 4 heteroatoms.